The molecular formula is C13H15BrN2O2. The van der Waals surface area contributed by atoms with Gasteiger partial charge in [0.25, 0.3) is 0 Å². The van der Waals surface area contributed by atoms with Crippen LogP contribution in [0.1, 0.15) is 17.0 Å². The van der Waals surface area contributed by atoms with Crippen molar-refractivity contribution in [1.29, 1.82) is 0 Å². The van der Waals surface area contributed by atoms with E-state index in [4.69, 9.17) is 9.26 Å². The van der Waals surface area contributed by atoms with E-state index in [1.54, 1.807) is 0 Å². The van der Waals surface area contributed by atoms with Crippen LogP contribution in [0.4, 0.5) is 0 Å². The Hall–Kier alpha value is -1.33. The number of hydrogen-bond acceptors (Lipinski definition) is 4. The highest BCUT2D eigenvalue weighted by Gasteiger charge is 2.09. The number of rotatable bonds is 5. The van der Waals surface area contributed by atoms with Crippen LogP contribution in [-0.2, 0) is 13.2 Å². The molecule has 1 aromatic heterocycles. The Morgan fingerprint density at radius 1 is 1.44 bits per heavy atom. The van der Waals surface area contributed by atoms with E-state index in [0.29, 0.717) is 6.61 Å². The Kier molecular flexibility index (Phi) is 4.38. The predicted molar refractivity (Wildman–Crippen MR) is 72.5 cm³/mol. The predicted octanol–water partition coefficient (Wildman–Crippen LogP) is 3.04. The maximum absolute atomic E-state index is 5.81. The summed E-state index contributed by atoms with van der Waals surface area (Å²) in [6, 6.07) is 7.85. The summed E-state index contributed by atoms with van der Waals surface area (Å²) < 4.78 is 11.8. The van der Waals surface area contributed by atoms with Gasteiger partial charge in [-0.2, -0.15) is 0 Å². The van der Waals surface area contributed by atoms with Gasteiger partial charge in [0.1, 0.15) is 23.8 Å². The molecule has 96 valence electrons. The van der Waals surface area contributed by atoms with Crippen LogP contribution < -0.4 is 10.1 Å². The molecule has 0 spiro atoms. The van der Waals surface area contributed by atoms with Gasteiger partial charge in [0, 0.05) is 18.2 Å². The zero-order chi connectivity index (χ0) is 13.0. The number of nitrogens with one attached hydrogen (secondary N) is 1. The number of aromatic nitrogens is 1. The van der Waals surface area contributed by atoms with E-state index < -0.39 is 0 Å². The Morgan fingerprint density at radius 2 is 2.28 bits per heavy atom. The molecule has 0 radical (unpaired) electrons. The summed E-state index contributed by atoms with van der Waals surface area (Å²) >= 11 is 3.50. The maximum atomic E-state index is 5.81. The first-order valence-corrected chi connectivity index (χ1v) is 6.47. The molecule has 5 heteroatoms. The normalized spacial score (nSPS) is 10.6. The van der Waals surface area contributed by atoms with Gasteiger partial charge < -0.3 is 14.6 Å². The van der Waals surface area contributed by atoms with Crippen LogP contribution in [-0.4, -0.2) is 12.2 Å². The van der Waals surface area contributed by atoms with Crippen molar-refractivity contribution >= 4 is 15.9 Å². The summed E-state index contributed by atoms with van der Waals surface area (Å²) in [7, 11) is 1.91. The van der Waals surface area contributed by atoms with Crippen molar-refractivity contribution in [2.45, 2.75) is 20.1 Å². The molecule has 0 saturated carbocycles. The summed E-state index contributed by atoms with van der Waals surface area (Å²) in [5.41, 5.74) is 1.89. The standard InChI is InChI=1S/C13H15BrN2O2/c1-9-6-11(16-18-9)8-17-13-10(7-15-2)4-3-5-12(13)14/h3-6,15H,7-8H2,1-2H3. The molecule has 0 unspecified atom stereocenters. The van der Waals surface area contributed by atoms with Crippen LogP contribution in [0.5, 0.6) is 5.75 Å². The average molecular weight is 311 g/mol. The van der Waals surface area contributed by atoms with E-state index in [1.165, 1.54) is 0 Å². The lowest BCUT2D eigenvalue weighted by Gasteiger charge is -2.12. The van der Waals surface area contributed by atoms with Crippen LogP contribution in [0.25, 0.3) is 0 Å². The molecule has 1 N–H and O–H groups in total. The SMILES string of the molecule is CNCc1cccc(Br)c1OCc1cc(C)on1. The minimum absolute atomic E-state index is 0.399. The van der Waals surface area contributed by atoms with E-state index in [2.05, 4.69) is 26.4 Å². The Bertz CT molecular complexity index is 525. The number of ether oxygens (including phenoxy) is 1. The minimum atomic E-state index is 0.399. The first-order valence-electron chi connectivity index (χ1n) is 5.67. The van der Waals surface area contributed by atoms with Crippen LogP contribution >= 0.6 is 15.9 Å². The molecule has 0 aliphatic heterocycles. The molecule has 1 heterocycles. The number of nitrogens with zero attached hydrogens (tertiary/aromatic N) is 1. The second kappa shape index (κ2) is 6.02. The van der Waals surface area contributed by atoms with Crippen molar-refractivity contribution in [3.63, 3.8) is 0 Å². The highest BCUT2D eigenvalue weighted by Crippen LogP contribution is 2.29. The van der Waals surface area contributed by atoms with E-state index in [9.17, 15) is 0 Å². The Balaban J connectivity index is 2.12. The fraction of sp³-hybridized carbons (Fsp3) is 0.308. The summed E-state index contributed by atoms with van der Waals surface area (Å²) in [5, 5.41) is 7.02. The van der Waals surface area contributed by atoms with Gasteiger partial charge in [0.05, 0.1) is 4.47 Å². The quantitative estimate of drug-likeness (QED) is 0.922. The van der Waals surface area contributed by atoms with E-state index >= 15 is 0 Å². The number of hydrogen-bond donors (Lipinski definition) is 1. The van der Waals surface area contributed by atoms with Crippen molar-refractivity contribution in [3.05, 3.63) is 45.8 Å². The minimum Gasteiger partial charge on any atom is -0.486 e. The largest absolute Gasteiger partial charge is 0.486 e. The molecule has 0 fully saturated rings. The van der Waals surface area contributed by atoms with Gasteiger partial charge in [-0.1, -0.05) is 17.3 Å². The lowest BCUT2D eigenvalue weighted by atomic mass is 10.2. The smallest absolute Gasteiger partial charge is 0.138 e. The molecule has 1 aromatic carbocycles. The number of para-hydroxylation sites is 1. The van der Waals surface area contributed by atoms with Gasteiger partial charge in [-0.25, -0.2) is 0 Å². The molecule has 0 amide bonds. The summed E-state index contributed by atoms with van der Waals surface area (Å²) in [4.78, 5) is 0. The molecule has 0 aliphatic carbocycles. The summed E-state index contributed by atoms with van der Waals surface area (Å²) in [5.74, 6) is 1.63. The average Bonchev–Trinajstić information content (AvgIpc) is 2.75. The first kappa shape index (κ1) is 13.1. The summed E-state index contributed by atoms with van der Waals surface area (Å²) in [6.45, 7) is 3.02. The summed E-state index contributed by atoms with van der Waals surface area (Å²) in [6.07, 6.45) is 0. The van der Waals surface area contributed by atoms with Crippen molar-refractivity contribution in [3.8, 4) is 5.75 Å². The maximum Gasteiger partial charge on any atom is 0.138 e. The molecule has 2 rings (SSSR count). The first-order chi connectivity index (χ1) is 8.70. The van der Waals surface area contributed by atoms with Crippen LogP contribution in [0.2, 0.25) is 0 Å². The molecule has 0 aliphatic rings. The molecule has 18 heavy (non-hydrogen) atoms. The van der Waals surface area contributed by atoms with E-state index in [0.717, 1.165) is 33.8 Å². The Morgan fingerprint density at radius 3 is 2.94 bits per heavy atom. The topological polar surface area (TPSA) is 47.3 Å². The third-order valence-corrected chi connectivity index (χ3v) is 3.08. The lowest BCUT2D eigenvalue weighted by molar-refractivity contribution is 0.283. The molecular weight excluding hydrogens is 296 g/mol. The van der Waals surface area contributed by atoms with Crippen molar-refractivity contribution in [2.24, 2.45) is 0 Å². The second-order valence-corrected chi connectivity index (χ2v) is 4.83. The third kappa shape index (κ3) is 3.11. The van der Waals surface area contributed by atoms with Gasteiger partial charge >= 0.3 is 0 Å². The monoisotopic (exact) mass is 310 g/mol. The van der Waals surface area contributed by atoms with Crippen molar-refractivity contribution in [2.75, 3.05) is 7.05 Å². The number of aryl methyl sites for hydroxylation is 1. The second-order valence-electron chi connectivity index (χ2n) is 3.98. The third-order valence-electron chi connectivity index (χ3n) is 2.46. The van der Waals surface area contributed by atoms with Gasteiger partial charge in [-0.3, -0.25) is 0 Å². The van der Waals surface area contributed by atoms with Gasteiger partial charge in [0.15, 0.2) is 0 Å². The van der Waals surface area contributed by atoms with Crippen LogP contribution in [0, 0.1) is 6.92 Å². The van der Waals surface area contributed by atoms with E-state index in [-0.39, 0.29) is 0 Å². The zero-order valence-corrected chi connectivity index (χ0v) is 12.0. The molecule has 0 atom stereocenters. The fourth-order valence-electron chi connectivity index (χ4n) is 1.68. The number of halogens is 1. The molecule has 4 nitrogen and oxygen atoms in total. The van der Waals surface area contributed by atoms with Gasteiger partial charge in [-0.15, -0.1) is 0 Å². The van der Waals surface area contributed by atoms with Crippen molar-refractivity contribution < 1.29 is 9.26 Å². The van der Waals surface area contributed by atoms with Crippen LogP contribution in [0.15, 0.2) is 33.3 Å². The molecule has 0 saturated heterocycles. The van der Waals surface area contributed by atoms with Crippen LogP contribution in [0.3, 0.4) is 0 Å². The molecule has 0 bridgehead atoms. The number of benzene rings is 1. The van der Waals surface area contributed by atoms with Gasteiger partial charge in [0.2, 0.25) is 0 Å². The van der Waals surface area contributed by atoms with E-state index in [1.807, 2.05) is 38.2 Å². The zero-order valence-electron chi connectivity index (χ0n) is 10.4. The lowest BCUT2D eigenvalue weighted by Crippen LogP contribution is -2.08. The molecule has 2 aromatic rings. The van der Waals surface area contributed by atoms with Crippen molar-refractivity contribution in [1.82, 2.24) is 10.5 Å². The fourth-order valence-corrected chi connectivity index (χ4v) is 2.20. The highest BCUT2D eigenvalue weighted by atomic mass is 79.9. The highest BCUT2D eigenvalue weighted by molar-refractivity contribution is 9.10. The Labute approximate surface area is 114 Å². The van der Waals surface area contributed by atoms with Gasteiger partial charge in [-0.05, 0) is 36.0 Å².